The van der Waals surface area contributed by atoms with Gasteiger partial charge in [0.1, 0.15) is 0 Å². The van der Waals surface area contributed by atoms with Crippen LogP contribution >= 0.6 is 0 Å². The molecule has 0 unspecified atom stereocenters. The predicted octanol–water partition coefficient (Wildman–Crippen LogP) is 2.25. The number of aromatic nitrogens is 2. The molecule has 24 heavy (non-hydrogen) atoms. The van der Waals surface area contributed by atoms with Crippen LogP contribution in [0.5, 0.6) is 0 Å². The third-order valence-corrected chi connectivity index (χ3v) is 5.55. The number of likely N-dealkylation sites (tertiary alicyclic amines) is 1. The second kappa shape index (κ2) is 6.40. The molecule has 2 aromatic rings. The summed E-state index contributed by atoms with van der Waals surface area (Å²) >= 11 is 0. The highest BCUT2D eigenvalue weighted by atomic mass is 16.2. The van der Waals surface area contributed by atoms with Crippen LogP contribution in [-0.2, 0) is 0 Å². The number of carbonyl (C=O) groups excluding carboxylic acids is 1. The van der Waals surface area contributed by atoms with Gasteiger partial charge in [-0.15, -0.1) is 0 Å². The van der Waals surface area contributed by atoms with Gasteiger partial charge in [-0.25, -0.2) is 4.68 Å². The number of nitrogens with zero attached hydrogens (tertiary/aromatic N) is 3. The van der Waals surface area contributed by atoms with E-state index in [1.807, 2.05) is 46.8 Å². The Morgan fingerprint density at radius 3 is 2.46 bits per heavy atom. The number of hydrogen-bond donors (Lipinski definition) is 1. The van der Waals surface area contributed by atoms with Crippen molar-refractivity contribution in [1.29, 1.82) is 0 Å². The van der Waals surface area contributed by atoms with Crippen molar-refractivity contribution in [3.63, 3.8) is 0 Å². The van der Waals surface area contributed by atoms with Gasteiger partial charge in [0, 0.05) is 13.1 Å². The van der Waals surface area contributed by atoms with Crippen LogP contribution in [0.4, 0.5) is 0 Å². The molecule has 0 radical (unpaired) electrons. The maximum atomic E-state index is 13.0. The van der Waals surface area contributed by atoms with Crippen molar-refractivity contribution in [2.75, 3.05) is 26.2 Å². The Morgan fingerprint density at radius 1 is 1.12 bits per heavy atom. The van der Waals surface area contributed by atoms with E-state index in [0.717, 1.165) is 67.8 Å². The highest BCUT2D eigenvalue weighted by molar-refractivity contribution is 5.95. The molecule has 2 aliphatic heterocycles. The average molecular weight is 324 g/mol. The van der Waals surface area contributed by atoms with E-state index >= 15 is 0 Å². The summed E-state index contributed by atoms with van der Waals surface area (Å²) in [5, 5.41) is 7.92. The first-order valence-corrected chi connectivity index (χ1v) is 8.84. The van der Waals surface area contributed by atoms with Gasteiger partial charge in [0.15, 0.2) is 0 Å². The van der Waals surface area contributed by atoms with Crippen molar-refractivity contribution in [2.24, 2.45) is 11.8 Å². The summed E-state index contributed by atoms with van der Waals surface area (Å²) in [7, 11) is 0. The Morgan fingerprint density at radius 2 is 1.79 bits per heavy atom. The van der Waals surface area contributed by atoms with E-state index in [1.165, 1.54) is 0 Å². The van der Waals surface area contributed by atoms with Crippen molar-refractivity contribution < 1.29 is 4.79 Å². The summed E-state index contributed by atoms with van der Waals surface area (Å²) in [5.41, 5.74) is 2.63. The first-order valence-electron chi connectivity index (χ1n) is 8.84. The van der Waals surface area contributed by atoms with Crippen LogP contribution in [0.3, 0.4) is 0 Å². The Labute approximate surface area is 142 Å². The summed E-state index contributed by atoms with van der Waals surface area (Å²) < 4.78 is 1.85. The number of para-hydroxylation sites is 1. The van der Waals surface area contributed by atoms with Crippen LogP contribution in [0.2, 0.25) is 0 Å². The number of fused-ring (bicyclic) bond motifs is 1. The van der Waals surface area contributed by atoms with Gasteiger partial charge in [0.05, 0.1) is 23.1 Å². The van der Waals surface area contributed by atoms with Crippen LogP contribution in [0, 0.1) is 18.8 Å². The Hall–Kier alpha value is -2.14. The third-order valence-electron chi connectivity index (χ3n) is 5.55. The fraction of sp³-hybridized carbons (Fsp3) is 0.474. The molecule has 2 atom stereocenters. The molecule has 1 aromatic heterocycles. The zero-order valence-electron chi connectivity index (χ0n) is 14.1. The lowest BCUT2D eigenvalue weighted by molar-refractivity contribution is 0.0758. The summed E-state index contributed by atoms with van der Waals surface area (Å²) in [4.78, 5) is 15.0. The third kappa shape index (κ3) is 2.73. The van der Waals surface area contributed by atoms with Crippen molar-refractivity contribution in [1.82, 2.24) is 20.0 Å². The molecule has 2 saturated heterocycles. The van der Waals surface area contributed by atoms with Gasteiger partial charge in [-0.3, -0.25) is 4.79 Å². The van der Waals surface area contributed by atoms with Gasteiger partial charge in [-0.05, 0) is 56.8 Å². The molecule has 4 rings (SSSR count). The van der Waals surface area contributed by atoms with E-state index in [-0.39, 0.29) is 5.91 Å². The summed E-state index contributed by atoms with van der Waals surface area (Å²) in [6, 6.07) is 9.97. The van der Waals surface area contributed by atoms with Crippen LogP contribution in [0.15, 0.2) is 36.5 Å². The molecule has 2 aliphatic rings. The van der Waals surface area contributed by atoms with Crippen LogP contribution in [0.25, 0.3) is 5.69 Å². The van der Waals surface area contributed by atoms with Crippen molar-refractivity contribution >= 4 is 5.91 Å². The molecule has 0 spiro atoms. The van der Waals surface area contributed by atoms with Gasteiger partial charge < -0.3 is 10.2 Å². The molecule has 0 bridgehead atoms. The average Bonchev–Trinajstić information content (AvgIpc) is 3.16. The zero-order valence-corrected chi connectivity index (χ0v) is 14.1. The van der Waals surface area contributed by atoms with E-state index in [1.54, 1.807) is 6.20 Å². The second-order valence-corrected chi connectivity index (χ2v) is 6.94. The molecule has 0 aliphatic carbocycles. The standard InChI is InChI=1S/C19H24N4O/c1-14-18(13-21-23(14)17-5-3-2-4-6-17)19(24)22-9-7-15-11-20-12-16(15)8-10-22/h2-6,13,15-16,20H,7-12H2,1H3/t15-,16+. The van der Waals surface area contributed by atoms with Gasteiger partial charge in [0.25, 0.3) is 5.91 Å². The number of amides is 1. The topological polar surface area (TPSA) is 50.2 Å². The number of benzene rings is 1. The van der Waals surface area contributed by atoms with E-state index in [2.05, 4.69) is 10.4 Å². The number of carbonyl (C=O) groups is 1. The smallest absolute Gasteiger partial charge is 0.257 e. The van der Waals surface area contributed by atoms with E-state index in [9.17, 15) is 4.79 Å². The largest absolute Gasteiger partial charge is 0.339 e. The maximum absolute atomic E-state index is 13.0. The predicted molar refractivity (Wildman–Crippen MR) is 93.3 cm³/mol. The molecule has 1 amide bonds. The number of hydrogen-bond acceptors (Lipinski definition) is 3. The van der Waals surface area contributed by atoms with Crippen LogP contribution < -0.4 is 5.32 Å². The molecule has 3 heterocycles. The first kappa shape index (κ1) is 15.4. The van der Waals surface area contributed by atoms with Crippen molar-refractivity contribution in [2.45, 2.75) is 19.8 Å². The first-order chi connectivity index (χ1) is 11.7. The lowest BCUT2D eigenvalue weighted by Crippen LogP contribution is -2.33. The number of rotatable bonds is 2. The fourth-order valence-electron chi connectivity index (χ4n) is 4.04. The van der Waals surface area contributed by atoms with Crippen LogP contribution in [0.1, 0.15) is 28.9 Å². The normalized spacial score (nSPS) is 23.8. The summed E-state index contributed by atoms with van der Waals surface area (Å²) in [5.74, 6) is 1.59. The van der Waals surface area contributed by atoms with Crippen molar-refractivity contribution in [3.05, 3.63) is 47.8 Å². The van der Waals surface area contributed by atoms with Gasteiger partial charge in [0.2, 0.25) is 0 Å². The maximum Gasteiger partial charge on any atom is 0.257 e. The van der Waals surface area contributed by atoms with Crippen LogP contribution in [-0.4, -0.2) is 46.8 Å². The molecule has 2 fully saturated rings. The lowest BCUT2D eigenvalue weighted by Gasteiger charge is -2.20. The summed E-state index contributed by atoms with van der Waals surface area (Å²) in [6.07, 6.45) is 3.93. The van der Waals surface area contributed by atoms with E-state index in [0.29, 0.717) is 0 Å². The molecule has 1 aromatic carbocycles. The number of nitrogens with one attached hydrogen (secondary N) is 1. The molecule has 1 N–H and O–H groups in total. The van der Waals surface area contributed by atoms with Gasteiger partial charge in [-0.1, -0.05) is 18.2 Å². The molecule has 126 valence electrons. The molecule has 5 nitrogen and oxygen atoms in total. The molecule has 5 heteroatoms. The molecular weight excluding hydrogens is 300 g/mol. The van der Waals surface area contributed by atoms with E-state index in [4.69, 9.17) is 0 Å². The van der Waals surface area contributed by atoms with Gasteiger partial charge >= 0.3 is 0 Å². The quantitative estimate of drug-likeness (QED) is 0.922. The molecule has 0 saturated carbocycles. The fourth-order valence-corrected chi connectivity index (χ4v) is 4.04. The lowest BCUT2D eigenvalue weighted by atomic mass is 9.92. The monoisotopic (exact) mass is 324 g/mol. The highest BCUT2D eigenvalue weighted by Gasteiger charge is 2.32. The summed E-state index contributed by atoms with van der Waals surface area (Å²) in [6.45, 7) is 5.91. The Bertz CT molecular complexity index is 710. The van der Waals surface area contributed by atoms with E-state index < -0.39 is 0 Å². The zero-order chi connectivity index (χ0) is 16.5. The minimum absolute atomic E-state index is 0.127. The van der Waals surface area contributed by atoms with Crippen molar-refractivity contribution in [3.8, 4) is 5.69 Å². The SMILES string of the molecule is Cc1c(C(=O)N2CC[C@@H]3CNC[C@@H]3CC2)cnn1-c1ccccc1. The Balaban J connectivity index is 1.54. The highest BCUT2D eigenvalue weighted by Crippen LogP contribution is 2.28. The second-order valence-electron chi connectivity index (χ2n) is 6.94. The minimum atomic E-state index is 0.127. The molecular formula is C19H24N4O. The minimum Gasteiger partial charge on any atom is -0.339 e. The Kier molecular flexibility index (Phi) is 4.10. The van der Waals surface area contributed by atoms with Gasteiger partial charge in [-0.2, -0.15) is 5.10 Å².